The Bertz CT molecular complexity index is 743. The molecule has 0 fully saturated rings. The lowest BCUT2D eigenvalue weighted by molar-refractivity contribution is 0.601. The topological polar surface area (TPSA) is 72.2 Å². The highest BCUT2D eigenvalue weighted by atomic mass is 79.9. The van der Waals surface area contributed by atoms with Crippen molar-refractivity contribution in [2.75, 3.05) is 10.5 Å². The Labute approximate surface area is 131 Å². The van der Waals surface area contributed by atoms with Gasteiger partial charge in [0.05, 0.1) is 15.6 Å². The first-order chi connectivity index (χ1) is 9.31. The van der Waals surface area contributed by atoms with Gasteiger partial charge in [0.1, 0.15) is 0 Å². The van der Waals surface area contributed by atoms with E-state index in [1.807, 2.05) is 0 Å². The zero-order valence-corrected chi connectivity index (χ0v) is 13.7. The van der Waals surface area contributed by atoms with Crippen molar-refractivity contribution in [2.24, 2.45) is 0 Å². The lowest BCUT2D eigenvalue weighted by Crippen LogP contribution is -2.14. The molecule has 3 N–H and O–H groups in total. The molecular formula is C13H12BrClN2O2S. The van der Waals surface area contributed by atoms with E-state index in [2.05, 4.69) is 20.7 Å². The molecular weight excluding hydrogens is 364 g/mol. The van der Waals surface area contributed by atoms with E-state index in [0.717, 1.165) is 5.56 Å². The van der Waals surface area contributed by atoms with Crippen molar-refractivity contribution in [1.29, 1.82) is 0 Å². The van der Waals surface area contributed by atoms with E-state index >= 15 is 0 Å². The standard InChI is InChI=1S/C13H12BrClN2O2S/c1-8-3-2-4-11(15)13(8)17-20(18,19)9-5-6-12(16)10(14)7-9/h2-7,17H,16H2,1H3. The van der Waals surface area contributed by atoms with Crippen LogP contribution in [0.3, 0.4) is 0 Å². The van der Waals surface area contributed by atoms with Crippen LogP contribution in [-0.2, 0) is 10.0 Å². The number of halogens is 2. The number of hydrogen-bond donors (Lipinski definition) is 2. The van der Waals surface area contributed by atoms with Gasteiger partial charge >= 0.3 is 0 Å². The molecule has 0 amide bonds. The molecule has 0 unspecified atom stereocenters. The average Bonchev–Trinajstić information content (AvgIpc) is 2.37. The molecule has 0 saturated heterocycles. The Balaban J connectivity index is 2.43. The van der Waals surface area contributed by atoms with Crippen LogP contribution >= 0.6 is 27.5 Å². The molecule has 4 nitrogen and oxygen atoms in total. The summed E-state index contributed by atoms with van der Waals surface area (Å²) in [5.41, 5.74) is 7.24. The number of nitrogens with two attached hydrogens (primary N) is 1. The van der Waals surface area contributed by atoms with E-state index < -0.39 is 10.0 Å². The first-order valence-corrected chi connectivity index (χ1v) is 8.29. The Hall–Kier alpha value is -1.24. The number of nitrogens with one attached hydrogen (secondary N) is 1. The number of nitrogen functional groups attached to an aromatic ring is 1. The number of aryl methyl sites for hydroxylation is 1. The highest BCUT2D eigenvalue weighted by molar-refractivity contribution is 9.10. The van der Waals surface area contributed by atoms with Crippen molar-refractivity contribution in [3.63, 3.8) is 0 Å². The van der Waals surface area contributed by atoms with E-state index in [9.17, 15) is 8.42 Å². The zero-order chi connectivity index (χ0) is 14.9. The third-order valence-corrected chi connectivity index (χ3v) is 5.09. The summed E-state index contributed by atoms with van der Waals surface area (Å²) in [4.78, 5) is 0.109. The van der Waals surface area contributed by atoms with Gasteiger partial charge in [-0.1, -0.05) is 23.7 Å². The van der Waals surface area contributed by atoms with Crippen LogP contribution in [0.5, 0.6) is 0 Å². The molecule has 0 radical (unpaired) electrons. The van der Waals surface area contributed by atoms with Crippen LogP contribution in [0.2, 0.25) is 5.02 Å². The number of benzene rings is 2. The van der Waals surface area contributed by atoms with Crippen molar-refractivity contribution < 1.29 is 8.42 Å². The molecule has 0 aromatic heterocycles. The Morgan fingerprint density at radius 2 is 1.95 bits per heavy atom. The van der Waals surface area contributed by atoms with Crippen LogP contribution in [0.15, 0.2) is 45.8 Å². The monoisotopic (exact) mass is 374 g/mol. The van der Waals surface area contributed by atoms with Gasteiger partial charge < -0.3 is 5.73 Å². The molecule has 2 rings (SSSR count). The molecule has 0 saturated carbocycles. The number of hydrogen-bond acceptors (Lipinski definition) is 3. The van der Waals surface area contributed by atoms with Crippen molar-refractivity contribution in [2.45, 2.75) is 11.8 Å². The maximum absolute atomic E-state index is 12.3. The molecule has 0 aliphatic carbocycles. The molecule has 0 spiro atoms. The van der Waals surface area contributed by atoms with Gasteiger partial charge in [0.15, 0.2) is 0 Å². The van der Waals surface area contributed by atoms with Crippen LogP contribution < -0.4 is 10.5 Å². The summed E-state index contributed by atoms with van der Waals surface area (Å²) in [5.74, 6) is 0. The van der Waals surface area contributed by atoms with Gasteiger partial charge in [0, 0.05) is 10.2 Å². The Morgan fingerprint density at radius 3 is 2.55 bits per heavy atom. The molecule has 0 heterocycles. The summed E-state index contributed by atoms with van der Waals surface area (Å²) >= 11 is 9.23. The zero-order valence-electron chi connectivity index (χ0n) is 10.5. The summed E-state index contributed by atoms with van der Waals surface area (Å²) < 4.78 is 27.7. The fourth-order valence-corrected chi connectivity index (χ4v) is 3.66. The Morgan fingerprint density at radius 1 is 1.25 bits per heavy atom. The summed E-state index contributed by atoms with van der Waals surface area (Å²) in [6.45, 7) is 1.78. The Kier molecular flexibility index (Phi) is 4.27. The number of anilines is 2. The molecule has 0 atom stereocenters. The maximum atomic E-state index is 12.3. The minimum atomic E-state index is -3.72. The third kappa shape index (κ3) is 3.08. The fourth-order valence-electron chi connectivity index (χ4n) is 1.63. The minimum Gasteiger partial charge on any atom is -0.398 e. The SMILES string of the molecule is Cc1cccc(Cl)c1NS(=O)(=O)c1ccc(N)c(Br)c1. The van der Waals surface area contributed by atoms with Crippen molar-refractivity contribution in [3.05, 3.63) is 51.5 Å². The molecule has 2 aromatic rings. The lowest BCUT2D eigenvalue weighted by atomic mass is 10.2. The second-order valence-electron chi connectivity index (χ2n) is 4.22. The van der Waals surface area contributed by atoms with E-state index in [1.54, 1.807) is 25.1 Å². The smallest absolute Gasteiger partial charge is 0.261 e. The van der Waals surface area contributed by atoms with Crippen LogP contribution in [0.1, 0.15) is 5.56 Å². The molecule has 106 valence electrons. The van der Waals surface area contributed by atoms with Gasteiger partial charge in [0.2, 0.25) is 0 Å². The molecule has 7 heteroatoms. The first-order valence-electron chi connectivity index (χ1n) is 5.64. The molecule has 20 heavy (non-hydrogen) atoms. The fraction of sp³-hybridized carbons (Fsp3) is 0.0769. The van der Waals surface area contributed by atoms with Gasteiger partial charge in [0.25, 0.3) is 10.0 Å². The van der Waals surface area contributed by atoms with Gasteiger partial charge in [-0.3, -0.25) is 4.72 Å². The van der Waals surface area contributed by atoms with Crippen molar-refractivity contribution >= 4 is 48.9 Å². The van der Waals surface area contributed by atoms with E-state index in [1.165, 1.54) is 18.2 Å². The second kappa shape index (κ2) is 5.63. The molecule has 0 aliphatic heterocycles. The predicted molar refractivity (Wildman–Crippen MR) is 85.6 cm³/mol. The third-order valence-electron chi connectivity index (χ3n) is 2.74. The average molecular weight is 376 g/mol. The molecule has 0 bridgehead atoms. The molecule has 0 aliphatic rings. The maximum Gasteiger partial charge on any atom is 0.261 e. The van der Waals surface area contributed by atoms with E-state index in [-0.39, 0.29) is 4.90 Å². The minimum absolute atomic E-state index is 0.109. The summed E-state index contributed by atoms with van der Waals surface area (Å²) in [5, 5.41) is 0.350. The van der Waals surface area contributed by atoms with Crippen molar-refractivity contribution in [1.82, 2.24) is 0 Å². The first kappa shape index (κ1) is 15.2. The van der Waals surface area contributed by atoms with Crippen molar-refractivity contribution in [3.8, 4) is 0 Å². The summed E-state index contributed by atoms with van der Waals surface area (Å²) in [7, 11) is -3.72. The van der Waals surface area contributed by atoms with Crippen LogP contribution in [0, 0.1) is 6.92 Å². The van der Waals surface area contributed by atoms with Crippen LogP contribution in [-0.4, -0.2) is 8.42 Å². The normalized spacial score (nSPS) is 11.3. The van der Waals surface area contributed by atoms with Crippen LogP contribution in [0.25, 0.3) is 0 Å². The highest BCUT2D eigenvalue weighted by Gasteiger charge is 2.17. The summed E-state index contributed by atoms with van der Waals surface area (Å²) in [6.07, 6.45) is 0. The predicted octanol–water partition coefficient (Wildman–Crippen LogP) is 3.79. The van der Waals surface area contributed by atoms with Gasteiger partial charge in [-0.25, -0.2) is 8.42 Å². The second-order valence-corrected chi connectivity index (χ2v) is 7.16. The number of para-hydroxylation sites is 1. The summed E-state index contributed by atoms with van der Waals surface area (Å²) in [6, 6.07) is 9.58. The van der Waals surface area contributed by atoms with Crippen LogP contribution in [0.4, 0.5) is 11.4 Å². The lowest BCUT2D eigenvalue weighted by Gasteiger charge is -2.12. The highest BCUT2D eigenvalue weighted by Crippen LogP contribution is 2.29. The largest absolute Gasteiger partial charge is 0.398 e. The van der Waals surface area contributed by atoms with Gasteiger partial charge in [-0.2, -0.15) is 0 Å². The molecule has 2 aromatic carbocycles. The number of rotatable bonds is 3. The van der Waals surface area contributed by atoms with Gasteiger partial charge in [-0.05, 0) is 52.7 Å². The quantitative estimate of drug-likeness (QED) is 0.802. The van der Waals surface area contributed by atoms with E-state index in [4.69, 9.17) is 17.3 Å². The van der Waals surface area contributed by atoms with E-state index in [0.29, 0.717) is 20.9 Å². The van der Waals surface area contributed by atoms with Gasteiger partial charge in [-0.15, -0.1) is 0 Å². The number of sulfonamides is 1.